The van der Waals surface area contributed by atoms with E-state index in [1.807, 2.05) is 6.07 Å². The Kier molecular flexibility index (Phi) is 14.0. The molecule has 48 heavy (non-hydrogen) atoms. The third kappa shape index (κ3) is 12.3. The number of nitrogens with zero attached hydrogens (tertiary/aromatic N) is 3. The Morgan fingerprint density at radius 2 is 1.48 bits per heavy atom. The lowest BCUT2D eigenvalue weighted by Crippen LogP contribution is -2.39. The van der Waals surface area contributed by atoms with Crippen LogP contribution in [-0.2, 0) is 9.59 Å². The van der Waals surface area contributed by atoms with Gasteiger partial charge in [-0.25, -0.2) is 19.4 Å². The van der Waals surface area contributed by atoms with Crippen LogP contribution in [0.4, 0.5) is 42.6 Å². The number of carbonyl (C=O) groups is 3. The van der Waals surface area contributed by atoms with Gasteiger partial charge in [-0.05, 0) is 61.8 Å². The third-order valence-electron chi connectivity index (χ3n) is 6.42. The molecule has 4 rings (SSSR count). The molecule has 0 unspecified atom stereocenters. The minimum Gasteiger partial charge on any atom is -0.507 e. The van der Waals surface area contributed by atoms with E-state index >= 15 is 0 Å². The summed E-state index contributed by atoms with van der Waals surface area (Å²) in [5, 5.41) is 39.9. The van der Waals surface area contributed by atoms with Gasteiger partial charge in [-0.15, -0.1) is 0 Å². The van der Waals surface area contributed by atoms with Gasteiger partial charge < -0.3 is 36.6 Å². The Labute approximate surface area is 269 Å². The second kappa shape index (κ2) is 17.4. The number of hydrogen-bond acceptors (Lipinski definition) is 8. The summed E-state index contributed by atoms with van der Waals surface area (Å²) in [7, 11) is 0. The number of aromatic nitrogens is 1. The van der Waals surface area contributed by atoms with Crippen molar-refractivity contribution in [2.24, 2.45) is 0 Å². The zero-order chi connectivity index (χ0) is 36.1. The Morgan fingerprint density at radius 1 is 0.896 bits per heavy atom. The molecule has 0 radical (unpaired) electrons. The zero-order valence-corrected chi connectivity index (χ0v) is 24.9. The van der Waals surface area contributed by atoms with Gasteiger partial charge in [-0.1, -0.05) is 30.7 Å². The highest BCUT2D eigenvalue weighted by Gasteiger charge is 2.38. The first-order valence-electron chi connectivity index (χ1n) is 13.9. The van der Waals surface area contributed by atoms with E-state index in [0.717, 1.165) is 19.6 Å². The molecule has 0 saturated carbocycles. The number of nitrogens with one attached hydrogen (secondary N) is 2. The molecule has 258 valence electrons. The minimum absolute atomic E-state index is 0.0710. The highest BCUT2D eigenvalue weighted by Crippen LogP contribution is 2.35. The van der Waals surface area contributed by atoms with E-state index in [2.05, 4.69) is 26.6 Å². The molecule has 1 aromatic heterocycles. The van der Waals surface area contributed by atoms with Gasteiger partial charge in [0.05, 0.1) is 5.69 Å². The van der Waals surface area contributed by atoms with Crippen LogP contribution in [0.15, 0.2) is 54.6 Å². The minimum atomic E-state index is -5.08. The first-order chi connectivity index (χ1) is 22.4. The Hall–Kier alpha value is -5.57. The van der Waals surface area contributed by atoms with Crippen LogP contribution in [0.5, 0.6) is 5.75 Å². The number of carboxylic acid groups (broad SMARTS) is 2. The van der Waals surface area contributed by atoms with Gasteiger partial charge in [0.2, 0.25) is 0 Å². The van der Waals surface area contributed by atoms with Crippen LogP contribution in [0.1, 0.15) is 24.8 Å². The number of hydrogen-bond donors (Lipinski definition) is 6. The summed E-state index contributed by atoms with van der Waals surface area (Å²) in [5.41, 5.74) is 9.17. The topological polar surface area (TPSA) is 202 Å². The first kappa shape index (κ1) is 38.6. The van der Waals surface area contributed by atoms with Gasteiger partial charge in [0, 0.05) is 29.9 Å². The van der Waals surface area contributed by atoms with Gasteiger partial charge in [0.1, 0.15) is 23.2 Å². The average Bonchev–Trinajstić information content (AvgIpc) is 3.01. The number of phenols is 1. The summed E-state index contributed by atoms with van der Waals surface area (Å²) in [6.45, 7) is 3.59. The van der Waals surface area contributed by atoms with E-state index in [1.54, 1.807) is 48.5 Å². The Morgan fingerprint density at radius 3 is 2.02 bits per heavy atom. The molecular formula is C30H30F6N6O6. The highest BCUT2D eigenvalue weighted by molar-refractivity contribution is 5.91. The van der Waals surface area contributed by atoms with Gasteiger partial charge >= 0.3 is 30.3 Å². The van der Waals surface area contributed by atoms with Gasteiger partial charge in [-0.2, -0.15) is 31.6 Å². The standard InChI is InChI=1S/C26H28N6O2.2C2HF3O2/c27-17-22-21(16-23(31-25(22)28)20-9-2-3-10-24(20)33)18-7-6-8-19(15-18)30-26(34)29-11-14-32-12-4-1-5-13-32;2*3-2(4,5)1(6)7/h2-3,6-10,15-16,33H,1,4-5,11-14H2,(H2,28,31)(H2,29,30,34);2*(H,6,7). The SMILES string of the molecule is N#Cc1c(-c2cccc(NC(=O)NCCN3CCCCC3)c2)cc(-c2ccccc2O)nc1N.O=C(O)C(F)(F)F.O=C(O)C(F)(F)F. The molecule has 2 heterocycles. The number of nitrogens with two attached hydrogens (primary N) is 1. The molecule has 0 atom stereocenters. The summed E-state index contributed by atoms with van der Waals surface area (Å²) < 4.78 is 63.5. The van der Waals surface area contributed by atoms with Crippen molar-refractivity contribution < 1.29 is 56.0 Å². The molecule has 12 nitrogen and oxygen atoms in total. The Balaban J connectivity index is 0.000000479. The number of carbonyl (C=O) groups excluding carboxylic acids is 1. The normalized spacial score (nSPS) is 13.0. The number of phenolic OH excluding ortho intramolecular Hbond substituents is 1. The van der Waals surface area contributed by atoms with Crippen molar-refractivity contribution >= 4 is 29.5 Å². The monoisotopic (exact) mass is 684 g/mol. The number of alkyl halides is 6. The number of anilines is 2. The molecule has 1 aliphatic rings. The summed E-state index contributed by atoms with van der Waals surface area (Å²) in [4.78, 5) is 36.9. The fourth-order valence-corrected chi connectivity index (χ4v) is 4.19. The molecule has 0 bridgehead atoms. The average molecular weight is 685 g/mol. The van der Waals surface area contributed by atoms with Crippen molar-refractivity contribution in [2.75, 3.05) is 37.2 Å². The molecular weight excluding hydrogens is 654 g/mol. The van der Waals surface area contributed by atoms with Crippen LogP contribution in [0.25, 0.3) is 22.4 Å². The largest absolute Gasteiger partial charge is 0.507 e. The second-order valence-corrected chi connectivity index (χ2v) is 9.91. The van der Waals surface area contributed by atoms with E-state index < -0.39 is 24.3 Å². The molecule has 2 aromatic carbocycles. The first-order valence-corrected chi connectivity index (χ1v) is 13.9. The zero-order valence-electron chi connectivity index (χ0n) is 24.9. The van der Waals surface area contributed by atoms with Crippen molar-refractivity contribution in [1.82, 2.24) is 15.2 Å². The fraction of sp³-hybridized carbons (Fsp3) is 0.300. The molecule has 3 aromatic rings. The molecule has 0 spiro atoms. The van der Waals surface area contributed by atoms with E-state index in [4.69, 9.17) is 25.5 Å². The number of likely N-dealkylation sites (tertiary alicyclic amines) is 1. The van der Waals surface area contributed by atoms with Crippen LogP contribution in [0.2, 0.25) is 0 Å². The molecule has 18 heteroatoms. The maximum atomic E-state index is 12.4. The van der Waals surface area contributed by atoms with Crippen molar-refractivity contribution in [3.63, 3.8) is 0 Å². The van der Waals surface area contributed by atoms with Gasteiger partial charge in [0.15, 0.2) is 0 Å². The fourth-order valence-electron chi connectivity index (χ4n) is 4.19. The quantitative estimate of drug-likeness (QED) is 0.181. The van der Waals surface area contributed by atoms with Crippen molar-refractivity contribution in [3.05, 3.63) is 60.2 Å². The predicted octanol–water partition coefficient (Wildman–Crippen LogP) is 5.45. The molecule has 2 amide bonds. The molecule has 1 saturated heterocycles. The summed E-state index contributed by atoms with van der Waals surface area (Å²) >= 11 is 0. The van der Waals surface area contributed by atoms with E-state index in [-0.39, 0.29) is 23.2 Å². The maximum absolute atomic E-state index is 12.4. The van der Waals surface area contributed by atoms with Crippen LogP contribution >= 0.6 is 0 Å². The second-order valence-electron chi connectivity index (χ2n) is 9.91. The van der Waals surface area contributed by atoms with Crippen molar-refractivity contribution in [2.45, 2.75) is 31.6 Å². The lowest BCUT2D eigenvalue weighted by Gasteiger charge is -2.26. The number of aliphatic carboxylic acids is 2. The number of amides is 2. The number of piperidine rings is 1. The van der Waals surface area contributed by atoms with Crippen molar-refractivity contribution in [3.8, 4) is 34.2 Å². The number of benzene rings is 2. The molecule has 1 fully saturated rings. The van der Waals surface area contributed by atoms with Crippen LogP contribution in [-0.4, -0.2) is 81.7 Å². The number of urea groups is 1. The van der Waals surface area contributed by atoms with Crippen LogP contribution < -0.4 is 16.4 Å². The van der Waals surface area contributed by atoms with Crippen molar-refractivity contribution in [1.29, 1.82) is 5.26 Å². The highest BCUT2D eigenvalue weighted by atomic mass is 19.4. The van der Waals surface area contributed by atoms with Gasteiger partial charge in [-0.3, -0.25) is 0 Å². The lowest BCUT2D eigenvalue weighted by atomic mass is 9.98. The van der Waals surface area contributed by atoms with Crippen LogP contribution in [0.3, 0.4) is 0 Å². The third-order valence-corrected chi connectivity index (χ3v) is 6.42. The molecule has 1 aliphatic heterocycles. The summed E-state index contributed by atoms with van der Waals surface area (Å²) in [6.07, 6.45) is -6.45. The predicted molar refractivity (Wildman–Crippen MR) is 161 cm³/mol. The van der Waals surface area contributed by atoms with E-state index in [9.17, 15) is 41.5 Å². The number of nitriles is 1. The van der Waals surface area contributed by atoms with Gasteiger partial charge in [0.25, 0.3) is 0 Å². The summed E-state index contributed by atoms with van der Waals surface area (Å²) in [6, 6.07) is 17.6. The number of pyridine rings is 1. The maximum Gasteiger partial charge on any atom is 0.490 e. The Bertz CT molecular complexity index is 1600. The number of carboxylic acids is 2. The number of halogens is 6. The van der Waals surface area contributed by atoms with Crippen LogP contribution in [0, 0.1) is 11.3 Å². The number of aromatic hydroxyl groups is 1. The molecule has 0 aliphatic carbocycles. The number of para-hydroxylation sites is 1. The summed E-state index contributed by atoms with van der Waals surface area (Å²) in [5.74, 6) is -5.37. The molecule has 7 N–H and O–H groups in total. The number of nitrogen functional groups attached to an aromatic ring is 1. The van der Waals surface area contributed by atoms with E-state index in [1.165, 1.54) is 19.3 Å². The number of rotatable bonds is 6. The smallest absolute Gasteiger partial charge is 0.490 e. The lowest BCUT2D eigenvalue weighted by molar-refractivity contribution is -0.193. The van der Waals surface area contributed by atoms with E-state index in [0.29, 0.717) is 34.6 Å².